The fourth-order valence-electron chi connectivity index (χ4n) is 3.15. The summed E-state index contributed by atoms with van der Waals surface area (Å²) in [6, 6.07) is 8.07. The summed E-state index contributed by atoms with van der Waals surface area (Å²) >= 11 is 3.52. The van der Waals surface area contributed by atoms with Gasteiger partial charge in [-0.3, -0.25) is 4.79 Å². The molecule has 2 aromatic rings. The number of hydrogen-bond acceptors (Lipinski definition) is 3. The van der Waals surface area contributed by atoms with E-state index in [0.717, 1.165) is 48.0 Å². The molecule has 5 nitrogen and oxygen atoms in total. The van der Waals surface area contributed by atoms with Crippen LogP contribution in [0.25, 0.3) is 5.69 Å². The van der Waals surface area contributed by atoms with E-state index >= 15 is 0 Å². The second-order valence-corrected chi connectivity index (χ2v) is 7.12. The van der Waals surface area contributed by atoms with Crippen molar-refractivity contribution in [1.82, 2.24) is 20.0 Å². The third kappa shape index (κ3) is 3.39. The van der Waals surface area contributed by atoms with Crippen molar-refractivity contribution in [3.8, 4) is 5.69 Å². The summed E-state index contributed by atoms with van der Waals surface area (Å²) in [5.74, 6) is 0.0112. The molecule has 1 heterocycles. The van der Waals surface area contributed by atoms with Crippen LogP contribution in [-0.2, 0) is 12.8 Å². The number of carbonyl (C=O) groups is 1. The van der Waals surface area contributed by atoms with Gasteiger partial charge in [0.05, 0.1) is 5.69 Å². The van der Waals surface area contributed by atoms with Crippen LogP contribution in [0.2, 0.25) is 0 Å². The van der Waals surface area contributed by atoms with Gasteiger partial charge in [0, 0.05) is 35.9 Å². The molecule has 24 heavy (non-hydrogen) atoms. The molecular formula is C18H23BrN4O. The van der Waals surface area contributed by atoms with E-state index in [-0.39, 0.29) is 5.91 Å². The van der Waals surface area contributed by atoms with E-state index in [0.29, 0.717) is 12.2 Å². The van der Waals surface area contributed by atoms with Gasteiger partial charge >= 0.3 is 0 Å². The van der Waals surface area contributed by atoms with Gasteiger partial charge in [0.2, 0.25) is 0 Å². The van der Waals surface area contributed by atoms with Crippen LogP contribution in [0.3, 0.4) is 0 Å². The van der Waals surface area contributed by atoms with Gasteiger partial charge in [-0.15, -0.1) is 0 Å². The van der Waals surface area contributed by atoms with Crippen LogP contribution < -0.4 is 5.32 Å². The second kappa shape index (κ2) is 7.49. The number of fused-ring (bicyclic) bond motifs is 1. The molecule has 6 heteroatoms. The Labute approximate surface area is 151 Å². The molecule has 1 N–H and O–H groups in total. The Morgan fingerprint density at radius 3 is 2.92 bits per heavy atom. The molecule has 128 valence electrons. The molecule has 0 spiro atoms. The standard InChI is InChI=1S/C18H23BrN4O/c1-20-10-11-22(2)18(24)17-15-8-3-4-9-16(15)23(21-17)14-7-5-6-13(19)12-14/h5-7,12,20H,3-4,8-11H2,1-2H3. The highest BCUT2D eigenvalue weighted by Crippen LogP contribution is 2.28. The highest BCUT2D eigenvalue weighted by molar-refractivity contribution is 9.10. The first-order valence-corrected chi connectivity index (χ1v) is 9.18. The summed E-state index contributed by atoms with van der Waals surface area (Å²) in [4.78, 5) is 14.6. The van der Waals surface area contributed by atoms with E-state index in [1.807, 2.05) is 43.0 Å². The molecule has 0 atom stereocenters. The predicted molar refractivity (Wildman–Crippen MR) is 98.8 cm³/mol. The maximum Gasteiger partial charge on any atom is 0.274 e. The lowest BCUT2D eigenvalue weighted by molar-refractivity contribution is 0.0789. The van der Waals surface area contributed by atoms with E-state index in [4.69, 9.17) is 5.10 Å². The average Bonchev–Trinajstić information content (AvgIpc) is 2.98. The van der Waals surface area contributed by atoms with Gasteiger partial charge in [-0.1, -0.05) is 22.0 Å². The summed E-state index contributed by atoms with van der Waals surface area (Å²) in [5.41, 5.74) is 3.93. The molecule has 0 bridgehead atoms. The molecule has 0 aliphatic heterocycles. The van der Waals surface area contributed by atoms with Crippen molar-refractivity contribution in [2.75, 3.05) is 27.2 Å². The first-order chi connectivity index (χ1) is 11.6. The smallest absolute Gasteiger partial charge is 0.274 e. The van der Waals surface area contributed by atoms with Crippen molar-refractivity contribution >= 4 is 21.8 Å². The Kier molecular flexibility index (Phi) is 5.36. The van der Waals surface area contributed by atoms with Gasteiger partial charge in [-0.05, 0) is 50.9 Å². The van der Waals surface area contributed by atoms with Crippen molar-refractivity contribution in [3.63, 3.8) is 0 Å². The van der Waals surface area contributed by atoms with Crippen molar-refractivity contribution < 1.29 is 4.79 Å². The zero-order chi connectivity index (χ0) is 17.1. The number of carbonyl (C=O) groups excluding carboxylic acids is 1. The monoisotopic (exact) mass is 390 g/mol. The number of likely N-dealkylation sites (N-methyl/N-ethyl adjacent to an activating group) is 2. The third-order valence-electron chi connectivity index (χ3n) is 4.48. The summed E-state index contributed by atoms with van der Waals surface area (Å²) in [7, 11) is 3.73. The Hall–Kier alpha value is -1.66. The number of nitrogens with one attached hydrogen (secondary N) is 1. The van der Waals surface area contributed by atoms with E-state index < -0.39 is 0 Å². The van der Waals surface area contributed by atoms with Crippen LogP contribution in [-0.4, -0.2) is 47.8 Å². The quantitative estimate of drug-likeness (QED) is 0.853. The Bertz CT molecular complexity index is 741. The van der Waals surface area contributed by atoms with Crippen LogP contribution in [0.5, 0.6) is 0 Å². The molecule has 0 radical (unpaired) electrons. The molecule has 1 amide bonds. The van der Waals surface area contributed by atoms with Gasteiger partial charge in [-0.25, -0.2) is 4.68 Å². The highest BCUT2D eigenvalue weighted by atomic mass is 79.9. The number of hydrogen-bond donors (Lipinski definition) is 1. The van der Waals surface area contributed by atoms with E-state index in [2.05, 4.69) is 21.2 Å². The number of rotatable bonds is 5. The van der Waals surface area contributed by atoms with Gasteiger partial charge in [-0.2, -0.15) is 5.10 Å². The predicted octanol–water partition coefficient (Wildman–Crippen LogP) is 2.81. The minimum atomic E-state index is 0.0112. The normalized spacial score (nSPS) is 13.6. The largest absolute Gasteiger partial charge is 0.339 e. The van der Waals surface area contributed by atoms with Gasteiger partial charge < -0.3 is 10.2 Å². The van der Waals surface area contributed by atoms with Gasteiger partial charge in [0.15, 0.2) is 5.69 Å². The summed E-state index contributed by atoms with van der Waals surface area (Å²) in [6.07, 6.45) is 4.18. The lowest BCUT2D eigenvalue weighted by Crippen LogP contribution is -2.33. The lowest BCUT2D eigenvalue weighted by Gasteiger charge is -2.17. The van der Waals surface area contributed by atoms with E-state index in [1.54, 1.807) is 4.90 Å². The van der Waals surface area contributed by atoms with Crippen LogP contribution in [0.15, 0.2) is 28.7 Å². The van der Waals surface area contributed by atoms with Crippen LogP contribution in [0.4, 0.5) is 0 Å². The SMILES string of the molecule is CNCCN(C)C(=O)c1nn(-c2cccc(Br)c2)c2c1CCCC2. The minimum Gasteiger partial charge on any atom is -0.339 e. The van der Waals surface area contributed by atoms with Crippen molar-refractivity contribution in [1.29, 1.82) is 0 Å². The lowest BCUT2D eigenvalue weighted by atomic mass is 9.95. The molecular weight excluding hydrogens is 368 g/mol. The molecule has 0 unspecified atom stereocenters. The van der Waals surface area contributed by atoms with Crippen molar-refractivity contribution in [2.24, 2.45) is 0 Å². The zero-order valence-corrected chi connectivity index (χ0v) is 15.8. The van der Waals surface area contributed by atoms with Gasteiger partial charge in [0.1, 0.15) is 0 Å². The molecule has 1 aromatic heterocycles. The summed E-state index contributed by atoms with van der Waals surface area (Å²) in [6.45, 7) is 1.45. The zero-order valence-electron chi connectivity index (χ0n) is 14.2. The maximum atomic E-state index is 12.8. The molecule has 0 saturated carbocycles. The Balaban J connectivity index is 2.00. The number of amides is 1. The van der Waals surface area contributed by atoms with Crippen molar-refractivity contribution in [3.05, 3.63) is 45.7 Å². The Morgan fingerprint density at radius 2 is 2.17 bits per heavy atom. The third-order valence-corrected chi connectivity index (χ3v) is 4.97. The number of benzene rings is 1. The van der Waals surface area contributed by atoms with Crippen molar-refractivity contribution in [2.45, 2.75) is 25.7 Å². The molecule has 3 rings (SSSR count). The number of nitrogens with zero attached hydrogens (tertiary/aromatic N) is 3. The minimum absolute atomic E-state index is 0.0112. The Morgan fingerprint density at radius 1 is 1.38 bits per heavy atom. The summed E-state index contributed by atoms with van der Waals surface area (Å²) < 4.78 is 2.97. The first kappa shape index (κ1) is 17.2. The average molecular weight is 391 g/mol. The first-order valence-electron chi connectivity index (χ1n) is 8.38. The maximum absolute atomic E-state index is 12.8. The number of halogens is 1. The summed E-state index contributed by atoms with van der Waals surface area (Å²) in [5, 5.41) is 7.80. The molecule has 0 fully saturated rings. The van der Waals surface area contributed by atoms with Crippen LogP contribution >= 0.6 is 15.9 Å². The van der Waals surface area contributed by atoms with Crippen LogP contribution in [0.1, 0.15) is 34.6 Å². The molecule has 1 aliphatic rings. The van der Waals surface area contributed by atoms with E-state index in [1.165, 1.54) is 5.69 Å². The fraction of sp³-hybridized carbons (Fsp3) is 0.444. The highest BCUT2D eigenvalue weighted by Gasteiger charge is 2.27. The fourth-order valence-corrected chi connectivity index (χ4v) is 3.54. The number of aromatic nitrogens is 2. The van der Waals surface area contributed by atoms with Gasteiger partial charge in [0.25, 0.3) is 5.91 Å². The molecule has 0 saturated heterocycles. The topological polar surface area (TPSA) is 50.2 Å². The molecule has 1 aliphatic carbocycles. The second-order valence-electron chi connectivity index (χ2n) is 6.20. The van der Waals surface area contributed by atoms with E-state index in [9.17, 15) is 4.79 Å². The molecule has 1 aromatic carbocycles. The van der Waals surface area contributed by atoms with Crippen LogP contribution in [0, 0.1) is 0 Å².